The molecular weight excluding hydrogens is 223 g/mol. The first kappa shape index (κ1) is 15.6. The third-order valence-electron chi connectivity index (χ3n) is 3.07. The highest BCUT2D eigenvalue weighted by Gasteiger charge is 2.27. The van der Waals surface area contributed by atoms with Crippen molar-refractivity contribution in [3.05, 3.63) is 0 Å². The van der Waals surface area contributed by atoms with Gasteiger partial charge in [-0.1, -0.05) is 27.2 Å². The van der Waals surface area contributed by atoms with E-state index in [1.165, 1.54) is 0 Å². The van der Waals surface area contributed by atoms with Crippen LogP contribution in [-0.2, 0) is 14.1 Å². The van der Waals surface area contributed by atoms with Gasteiger partial charge in [0.2, 0.25) is 0 Å². The summed E-state index contributed by atoms with van der Waals surface area (Å²) in [6.07, 6.45) is 4.63. The predicted octanol–water partition coefficient (Wildman–Crippen LogP) is 3.96. The summed E-state index contributed by atoms with van der Waals surface area (Å²) < 4.78 is 16.2. The Morgan fingerprint density at radius 2 is 1.88 bits per heavy atom. The normalized spacial score (nSPS) is 11.7. The number of rotatable bonds is 9. The molecule has 4 heteroatoms. The molecule has 0 aromatic rings. The zero-order valence-electron chi connectivity index (χ0n) is 10.6. The number of carbonyl (C=O) groups excluding carboxylic acids is 1. The summed E-state index contributed by atoms with van der Waals surface area (Å²) in [5.74, 6) is -0.164. The summed E-state index contributed by atoms with van der Waals surface area (Å²) in [5, 5.41) is -0.232. The van der Waals surface area contributed by atoms with Gasteiger partial charge in [-0.15, -0.1) is 0 Å². The van der Waals surface area contributed by atoms with Crippen LogP contribution >= 0.6 is 8.46 Å². The first-order chi connectivity index (χ1) is 7.64. The van der Waals surface area contributed by atoms with Gasteiger partial charge in [0, 0.05) is 6.42 Å². The Kier molecular flexibility index (Phi) is 8.46. The Labute approximate surface area is 100 Å². The molecule has 0 heterocycles. The van der Waals surface area contributed by atoms with Crippen molar-refractivity contribution in [3.8, 4) is 0 Å². The Morgan fingerprint density at radius 3 is 2.31 bits per heavy atom. The number of hydrogen-bond acceptors (Lipinski definition) is 3. The third-order valence-corrected chi connectivity index (χ3v) is 4.31. The van der Waals surface area contributed by atoms with Gasteiger partial charge in [-0.05, 0) is 25.7 Å². The van der Waals surface area contributed by atoms with Crippen molar-refractivity contribution in [3.63, 3.8) is 0 Å². The molecule has 0 aromatic carbocycles. The maximum atomic E-state index is 11.4. The van der Waals surface area contributed by atoms with Gasteiger partial charge >= 0.3 is 5.97 Å². The second kappa shape index (κ2) is 8.69. The molecule has 0 spiro atoms. The second-order valence-electron chi connectivity index (χ2n) is 4.10. The Balaban J connectivity index is 3.92. The molecule has 0 aliphatic rings. The molecule has 0 bridgehead atoms. The SMILES string of the molecule is CCCCOC(=O)CCC(CC)(CC)P=O. The number of esters is 1. The number of unbranched alkanes of at least 4 members (excludes halogenated alkanes) is 1. The van der Waals surface area contributed by atoms with E-state index in [0.717, 1.165) is 25.7 Å². The van der Waals surface area contributed by atoms with Gasteiger partial charge < -0.3 is 4.74 Å². The van der Waals surface area contributed by atoms with Crippen molar-refractivity contribution >= 4 is 14.4 Å². The minimum Gasteiger partial charge on any atom is -0.466 e. The van der Waals surface area contributed by atoms with Crippen molar-refractivity contribution in [1.82, 2.24) is 0 Å². The van der Waals surface area contributed by atoms with Crippen LogP contribution in [0.2, 0.25) is 0 Å². The minimum atomic E-state index is -0.232. The van der Waals surface area contributed by atoms with Crippen molar-refractivity contribution < 1.29 is 14.1 Å². The van der Waals surface area contributed by atoms with Crippen molar-refractivity contribution in [2.75, 3.05) is 6.61 Å². The lowest BCUT2D eigenvalue weighted by Gasteiger charge is -2.22. The molecule has 0 aliphatic heterocycles. The Hall–Kier alpha value is -0.430. The van der Waals surface area contributed by atoms with E-state index in [1.54, 1.807) is 0 Å². The van der Waals surface area contributed by atoms with Crippen molar-refractivity contribution in [2.45, 2.75) is 64.5 Å². The molecule has 94 valence electrons. The standard InChI is InChI=1S/C12H23O3P/c1-4-7-10-15-11(13)8-9-12(5-2,6-3)16-14/h4-10H2,1-3H3. The topological polar surface area (TPSA) is 43.4 Å². The first-order valence-electron chi connectivity index (χ1n) is 6.14. The van der Waals surface area contributed by atoms with Crippen LogP contribution in [0.4, 0.5) is 0 Å². The van der Waals surface area contributed by atoms with Crippen LogP contribution < -0.4 is 0 Å². The summed E-state index contributed by atoms with van der Waals surface area (Å²) >= 11 is 0. The molecule has 0 radical (unpaired) electrons. The van der Waals surface area contributed by atoms with E-state index < -0.39 is 0 Å². The average molecular weight is 246 g/mol. The van der Waals surface area contributed by atoms with E-state index in [1.807, 2.05) is 13.8 Å². The fraction of sp³-hybridized carbons (Fsp3) is 0.917. The first-order valence-corrected chi connectivity index (χ1v) is 6.95. The van der Waals surface area contributed by atoms with Gasteiger partial charge in [0.1, 0.15) is 0 Å². The highest BCUT2D eigenvalue weighted by molar-refractivity contribution is 7.26. The van der Waals surface area contributed by atoms with Gasteiger partial charge in [-0.2, -0.15) is 0 Å². The van der Waals surface area contributed by atoms with E-state index in [9.17, 15) is 9.36 Å². The quantitative estimate of drug-likeness (QED) is 0.351. The molecule has 0 aromatic heterocycles. The average Bonchev–Trinajstić information content (AvgIpc) is 2.32. The fourth-order valence-electron chi connectivity index (χ4n) is 1.52. The molecule has 0 saturated heterocycles. The molecule has 16 heavy (non-hydrogen) atoms. The largest absolute Gasteiger partial charge is 0.466 e. The van der Waals surface area contributed by atoms with E-state index in [-0.39, 0.29) is 19.6 Å². The number of carbonyl (C=O) groups is 1. The van der Waals surface area contributed by atoms with Crippen LogP contribution in [0.5, 0.6) is 0 Å². The van der Waals surface area contributed by atoms with Crippen molar-refractivity contribution in [2.24, 2.45) is 0 Å². The van der Waals surface area contributed by atoms with Crippen LogP contribution in [0.15, 0.2) is 0 Å². The van der Waals surface area contributed by atoms with E-state index in [0.29, 0.717) is 19.4 Å². The van der Waals surface area contributed by atoms with Crippen LogP contribution in [0, 0.1) is 0 Å². The number of ether oxygens (including phenoxy) is 1. The lowest BCUT2D eigenvalue weighted by Crippen LogP contribution is -2.21. The molecule has 0 aliphatic carbocycles. The summed E-state index contributed by atoms with van der Waals surface area (Å²) in [6, 6.07) is 0. The monoisotopic (exact) mass is 246 g/mol. The van der Waals surface area contributed by atoms with Gasteiger partial charge in [-0.25, -0.2) is 0 Å². The summed E-state index contributed by atoms with van der Waals surface area (Å²) in [4.78, 5) is 11.4. The molecule has 0 fully saturated rings. The van der Waals surface area contributed by atoms with Crippen LogP contribution in [0.25, 0.3) is 0 Å². The highest BCUT2D eigenvalue weighted by Crippen LogP contribution is 2.35. The Morgan fingerprint density at radius 1 is 1.25 bits per heavy atom. The molecule has 0 saturated carbocycles. The Bertz CT molecular complexity index is 212. The lowest BCUT2D eigenvalue weighted by atomic mass is 9.96. The molecular formula is C12H23O3P. The molecule has 0 atom stereocenters. The zero-order valence-corrected chi connectivity index (χ0v) is 11.5. The second-order valence-corrected chi connectivity index (χ2v) is 5.23. The van der Waals surface area contributed by atoms with Crippen LogP contribution in [0.3, 0.4) is 0 Å². The van der Waals surface area contributed by atoms with Crippen molar-refractivity contribution in [1.29, 1.82) is 0 Å². The molecule has 0 N–H and O–H groups in total. The zero-order chi connectivity index (χ0) is 12.4. The maximum absolute atomic E-state index is 11.4. The summed E-state index contributed by atoms with van der Waals surface area (Å²) in [5.41, 5.74) is 0. The maximum Gasteiger partial charge on any atom is 0.305 e. The summed E-state index contributed by atoms with van der Waals surface area (Å²) in [6.45, 7) is 6.59. The minimum absolute atomic E-state index is 0.147. The molecule has 0 amide bonds. The van der Waals surface area contributed by atoms with Gasteiger partial charge in [-0.3, -0.25) is 9.36 Å². The van der Waals surface area contributed by atoms with Gasteiger partial charge in [0.05, 0.1) is 11.8 Å². The van der Waals surface area contributed by atoms with E-state index in [4.69, 9.17) is 4.74 Å². The van der Waals surface area contributed by atoms with Crippen LogP contribution in [-0.4, -0.2) is 17.7 Å². The van der Waals surface area contributed by atoms with E-state index in [2.05, 4.69) is 6.92 Å². The highest BCUT2D eigenvalue weighted by atomic mass is 31.1. The van der Waals surface area contributed by atoms with Gasteiger partial charge in [0.15, 0.2) is 8.46 Å². The smallest absolute Gasteiger partial charge is 0.305 e. The van der Waals surface area contributed by atoms with E-state index >= 15 is 0 Å². The molecule has 3 nitrogen and oxygen atoms in total. The number of hydrogen-bond donors (Lipinski definition) is 0. The predicted molar refractivity (Wildman–Crippen MR) is 66.0 cm³/mol. The van der Waals surface area contributed by atoms with Gasteiger partial charge in [0.25, 0.3) is 0 Å². The fourth-order valence-corrected chi connectivity index (χ4v) is 1.98. The lowest BCUT2D eigenvalue weighted by molar-refractivity contribution is -0.144. The summed E-state index contributed by atoms with van der Waals surface area (Å²) in [7, 11) is 0.147. The molecule has 0 unspecified atom stereocenters. The molecule has 0 rings (SSSR count). The third kappa shape index (κ3) is 5.60. The van der Waals surface area contributed by atoms with Crippen LogP contribution in [0.1, 0.15) is 59.3 Å².